The van der Waals surface area contributed by atoms with E-state index in [1.807, 2.05) is 66.9 Å². The van der Waals surface area contributed by atoms with Gasteiger partial charge in [0, 0.05) is 18.0 Å². The summed E-state index contributed by atoms with van der Waals surface area (Å²) in [6.07, 6.45) is 0.174. The highest BCUT2D eigenvalue weighted by atomic mass is 32.2. The summed E-state index contributed by atoms with van der Waals surface area (Å²) in [6, 6.07) is 15.3. The number of amides is 1. The van der Waals surface area contributed by atoms with Crippen molar-refractivity contribution in [3.8, 4) is 11.5 Å². The zero-order chi connectivity index (χ0) is 21.3. The van der Waals surface area contributed by atoms with Gasteiger partial charge in [-0.25, -0.2) is 0 Å². The van der Waals surface area contributed by atoms with Gasteiger partial charge in [0.05, 0.1) is 20.1 Å². The van der Waals surface area contributed by atoms with E-state index in [1.165, 1.54) is 0 Å². The van der Waals surface area contributed by atoms with Gasteiger partial charge in [-0.05, 0) is 37.6 Å². The maximum Gasteiger partial charge on any atom is 0.232 e. The number of benzene rings is 2. The van der Waals surface area contributed by atoms with Gasteiger partial charge in [0.1, 0.15) is 5.82 Å². The lowest BCUT2D eigenvalue weighted by molar-refractivity contribution is -0.115. The number of thioether (sulfide) groups is 1. The van der Waals surface area contributed by atoms with Gasteiger partial charge in [0.15, 0.2) is 16.7 Å². The summed E-state index contributed by atoms with van der Waals surface area (Å²) in [5.74, 6) is 2.66. The van der Waals surface area contributed by atoms with Crippen molar-refractivity contribution in [3.05, 3.63) is 59.9 Å². The molecule has 0 bridgehead atoms. The first-order valence-electron chi connectivity index (χ1n) is 9.78. The minimum Gasteiger partial charge on any atom is -0.493 e. The third kappa shape index (κ3) is 5.54. The van der Waals surface area contributed by atoms with Crippen LogP contribution >= 0.6 is 11.8 Å². The number of methoxy groups -OCH3 is 1. The summed E-state index contributed by atoms with van der Waals surface area (Å²) in [6.45, 7) is 5.17. The van der Waals surface area contributed by atoms with Crippen LogP contribution in [0, 0.1) is 6.92 Å². The molecule has 1 heterocycles. The zero-order valence-corrected chi connectivity index (χ0v) is 18.2. The Morgan fingerprint density at radius 2 is 1.83 bits per heavy atom. The molecule has 0 unspecified atom stereocenters. The molecule has 2 aromatic carbocycles. The lowest BCUT2D eigenvalue weighted by Gasteiger charge is -2.11. The van der Waals surface area contributed by atoms with Gasteiger partial charge in [-0.2, -0.15) is 0 Å². The second kappa shape index (κ2) is 10.7. The number of hydrogen-bond acceptors (Lipinski definition) is 6. The molecule has 0 saturated heterocycles. The highest BCUT2D eigenvalue weighted by Crippen LogP contribution is 2.26. The Kier molecular flexibility index (Phi) is 7.73. The molecule has 0 aliphatic heterocycles. The molecule has 3 rings (SSSR count). The molecule has 1 N–H and O–H groups in total. The summed E-state index contributed by atoms with van der Waals surface area (Å²) < 4.78 is 13.1. The van der Waals surface area contributed by atoms with E-state index in [0.29, 0.717) is 36.2 Å². The van der Waals surface area contributed by atoms with Crippen molar-refractivity contribution >= 4 is 23.4 Å². The van der Waals surface area contributed by atoms with E-state index >= 15 is 0 Å². The zero-order valence-electron chi connectivity index (χ0n) is 17.4. The summed E-state index contributed by atoms with van der Waals surface area (Å²) in [4.78, 5) is 12.5. The Balaban J connectivity index is 1.55. The Bertz CT molecular complexity index is 990. The van der Waals surface area contributed by atoms with E-state index in [-0.39, 0.29) is 12.3 Å². The van der Waals surface area contributed by atoms with E-state index in [1.54, 1.807) is 18.9 Å². The smallest absolute Gasteiger partial charge is 0.232 e. The quantitative estimate of drug-likeness (QED) is 0.390. The minimum atomic E-state index is -0.109. The predicted octanol–water partition coefficient (Wildman–Crippen LogP) is 3.97. The minimum absolute atomic E-state index is 0.109. The summed E-state index contributed by atoms with van der Waals surface area (Å²) in [5, 5.41) is 12.2. The van der Waals surface area contributed by atoms with Crippen molar-refractivity contribution in [1.29, 1.82) is 0 Å². The number of anilines is 1. The maximum atomic E-state index is 12.5. The van der Waals surface area contributed by atoms with E-state index < -0.39 is 0 Å². The van der Waals surface area contributed by atoms with Crippen LogP contribution in [0.5, 0.6) is 11.5 Å². The molecule has 3 aromatic rings. The number of rotatable bonds is 10. The van der Waals surface area contributed by atoms with Crippen molar-refractivity contribution in [2.45, 2.75) is 32.0 Å². The second-order valence-electron chi connectivity index (χ2n) is 6.53. The molecule has 0 saturated carbocycles. The van der Waals surface area contributed by atoms with Crippen molar-refractivity contribution in [2.24, 2.45) is 0 Å². The van der Waals surface area contributed by atoms with Crippen molar-refractivity contribution in [3.63, 3.8) is 0 Å². The van der Waals surface area contributed by atoms with Crippen LogP contribution in [-0.4, -0.2) is 40.1 Å². The number of aryl methyl sites for hydroxylation is 1. The van der Waals surface area contributed by atoms with Gasteiger partial charge in [0.2, 0.25) is 5.91 Å². The molecule has 1 aromatic heterocycles. The van der Waals surface area contributed by atoms with Gasteiger partial charge in [-0.1, -0.05) is 42.1 Å². The Hall–Kier alpha value is -3.00. The first-order valence-corrected chi connectivity index (χ1v) is 10.8. The third-order valence-corrected chi connectivity index (χ3v) is 5.42. The molecule has 0 spiro atoms. The topological polar surface area (TPSA) is 78.3 Å². The standard InChI is InChI=1S/C22H26N4O3S/c1-4-26-20(15-21(27)23-17-10-6-5-9-16(17)2)24-25-22(26)30-14-13-29-19-12-8-7-11-18(19)28-3/h5-12H,4,13-15H2,1-3H3,(H,23,27). The fraction of sp³-hybridized carbons (Fsp3) is 0.318. The average Bonchev–Trinajstić information content (AvgIpc) is 3.14. The van der Waals surface area contributed by atoms with E-state index in [2.05, 4.69) is 15.5 Å². The average molecular weight is 427 g/mol. The number of carbonyl (C=O) groups excluding carboxylic acids is 1. The fourth-order valence-corrected chi connectivity index (χ4v) is 3.79. The summed E-state index contributed by atoms with van der Waals surface area (Å²) in [5.41, 5.74) is 1.84. The second-order valence-corrected chi connectivity index (χ2v) is 7.59. The molecule has 8 heteroatoms. The molecule has 7 nitrogen and oxygen atoms in total. The number of para-hydroxylation sites is 3. The fourth-order valence-electron chi connectivity index (χ4n) is 2.95. The van der Waals surface area contributed by atoms with Crippen molar-refractivity contribution < 1.29 is 14.3 Å². The summed E-state index contributed by atoms with van der Waals surface area (Å²) in [7, 11) is 1.62. The monoisotopic (exact) mass is 426 g/mol. The van der Waals surface area contributed by atoms with Crippen LogP contribution < -0.4 is 14.8 Å². The van der Waals surface area contributed by atoms with E-state index in [0.717, 1.165) is 16.4 Å². The Morgan fingerprint density at radius 1 is 1.10 bits per heavy atom. The van der Waals surface area contributed by atoms with E-state index in [4.69, 9.17) is 9.47 Å². The molecule has 0 aliphatic rings. The van der Waals surface area contributed by atoms with Crippen molar-refractivity contribution in [1.82, 2.24) is 14.8 Å². The highest BCUT2D eigenvalue weighted by Gasteiger charge is 2.15. The van der Waals surface area contributed by atoms with Gasteiger partial charge in [-0.3, -0.25) is 4.79 Å². The van der Waals surface area contributed by atoms with Gasteiger partial charge >= 0.3 is 0 Å². The van der Waals surface area contributed by atoms with Crippen LogP contribution in [0.15, 0.2) is 53.7 Å². The molecular formula is C22H26N4O3S. The lowest BCUT2D eigenvalue weighted by atomic mass is 10.2. The maximum absolute atomic E-state index is 12.5. The molecule has 1 amide bonds. The van der Waals surface area contributed by atoms with Crippen molar-refractivity contribution in [2.75, 3.05) is 24.8 Å². The van der Waals surface area contributed by atoms with Crippen LogP contribution in [0.25, 0.3) is 0 Å². The molecule has 0 radical (unpaired) electrons. The van der Waals surface area contributed by atoms with E-state index in [9.17, 15) is 4.79 Å². The van der Waals surface area contributed by atoms with Gasteiger partial charge in [0.25, 0.3) is 0 Å². The number of nitrogens with zero attached hydrogens (tertiary/aromatic N) is 3. The molecule has 0 aliphatic carbocycles. The number of aromatic nitrogens is 3. The number of nitrogens with one attached hydrogen (secondary N) is 1. The largest absolute Gasteiger partial charge is 0.493 e. The van der Waals surface area contributed by atoms with Crippen LogP contribution in [0.3, 0.4) is 0 Å². The number of carbonyl (C=O) groups is 1. The van der Waals surface area contributed by atoms with Crippen LogP contribution in [-0.2, 0) is 17.8 Å². The lowest BCUT2D eigenvalue weighted by Crippen LogP contribution is -2.18. The highest BCUT2D eigenvalue weighted by molar-refractivity contribution is 7.99. The number of hydrogen-bond donors (Lipinski definition) is 1. The normalized spacial score (nSPS) is 10.6. The SMILES string of the molecule is CCn1c(CC(=O)Nc2ccccc2C)nnc1SCCOc1ccccc1OC. The predicted molar refractivity (Wildman–Crippen MR) is 118 cm³/mol. The van der Waals surface area contributed by atoms with Gasteiger partial charge < -0.3 is 19.4 Å². The molecule has 158 valence electrons. The Morgan fingerprint density at radius 3 is 2.57 bits per heavy atom. The van der Waals surface area contributed by atoms with Crippen LogP contribution in [0.2, 0.25) is 0 Å². The first-order chi connectivity index (χ1) is 14.6. The number of ether oxygens (including phenoxy) is 2. The third-order valence-electron chi connectivity index (χ3n) is 4.49. The molecule has 0 atom stereocenters. The van der Waals surface area contributed by atoms with Crippen LogP contribution in [0.1, 0.15) is 18.3 Å². The molecular weight excluding hydrogens is 400 g/mol. The molecule has 0 fully saturated rings. The first kappa shape index (κ1) is 21.7. The summed E-state index contributed by atoms with van der Waals surface area (Å²) >= 11 is 1.55. The van der Waals surface area contributed by atoms with Crippen LogP contribution in [0.4, 0.5) is 5.69 Å². The molecule has 30 heavy (non-hydrogen) atoms. The van der Waals surface area contributed by atoms with Gasteiger partial charge in [-0.15, -0.1) is 10.2 Å². The Labute approximate surface area is 180 Å².